The van der Waals surface area contributed by atoms with Crippen LogP contribution in [0.1, 0.15) is 24.8 Å². The van der Waals surface area contributed by atoms with E-state index in [0.717, 1.165) is 5.56 Å². The summed E-state index contributed by atoms with van der Waals surface area (Å²) >= 11 is 12.0. The SMILES string of the molecule is Cc1cc(Cl)c(NS(=O)(=O)CCCNC2CC2)cc1Cl. The van der Waals surface area contributed by atoms with Crippen LogP contribution in [0, 0.1) is 6.92 Å². The van der Waals surface area contributed by atoms with E-state index < -0.39 is 10.0 Å². The second-order valence-electron chi connectivity index (χ2n) is 5.08. The molecule has 1 aliphatic rings. The molecule has 0 saturated heterocycles. The fourth-order valence-electron chi connectivity index (χ4n) is 1.80. The van der Waals surface area contributed by atoms with Gasteiger partial charge in [-0.3, -0.25) is 4.72 Å². The maximum Gasteiger partial charge on any atom is 0.232 e. The van der Waals surface area contributed by atoms with Gasteiger partial charge in [0.05, 0.1) is 16.5 Å². The van der Waals surface area contributed by atoms with E-state index in [2.05, 4.69) is 10.0 Å². The van der Waals surface area contributed by atoms with Gasteiger partial charge < -0.3 is 5.32 Å². The minimum Gasteiger partial charge on any atom is -0.314 e. The lowest BCUT2D eigenvalue weighted by Crippen LogP contribution is -2.23. The molecule has 2 rings (SSSR count). The molecule has 20 heavy (non-hydrogen) atoms. The summed E-state index contributed by atoms with van der Waals surface area (Å²) in [6, 6.07) is 3.78. The first-order chi connectivity index (χ1) is 9.37. The average Bonchev–Trinajstić information content (AvgIpc) is 3.15. The second-order valence-corrected chi connectivity index (χ2v) is 7.74. The molecule has 2 N–H and O–H groups in total. The van der Waals surface area contributed by atoms with Crippen molar-refractivity contribution >= 4 is 38.9 Å². The highest BCUT2D eigenvalue weighted by molar-refractivity contribution is 7.92. The largest absolute Gasteiger partial charge is 0.314 e. The predicted octanol–water partition coefficient (Wildman–Crippen LogP) is 3.19. The van der Waals surface area contributed by atoms with Crippen LogP contribution in [0.4, 0.5) is 5.69 Å². The molecule has 0 aliphatic heterocycles. The van der Waals surface area contributed by atoms with Crippen molar-refractivity contribution in [2.45, 2.75) is 32.2 Å². The normalized spacial score (nSPS) is 15.3. The molecule has 112 valence electrons. The molecule has 0 atom stereocenters. The van der Waals surface area contributed by atoms with E-state index in [0.29, 0.717) is 34.7 Å². The Hall–Kier alpha value is -0.490. The van der Waals surface area contributed by atoms with Crippen molar-refractivity contribution in [3.8, 4) is 0 Å². The zero-order valence-electron chi connectivity index (χ0n) is 11.2. The van der Waals surface area contributed by atoms with Crippen LogP contribution < -0.4 is 10.0 Å². The van der Waals surface area contributed by atoms with Crippen molar-refractivity contribution in [3.05, 3.63) is 27.7 Å². The van der Waals surface area contributed by atoms with Crippen LogP contribution in [-0.2, 0) is 10.0 Å². The van der Waals surface area contributed by atoms with E-state index >= 15 is 0 Å². The van der Waals surface area contributed by atoms with Gasteiger partial charge in [-0.1, -0.05) is 23.2 Å². The minimum absolute atomic E-state index is 0.0640. The number of sulfonamides is 1. The summed E-state index contributed by atoms with van der Waals surface area (Å²) < 4.78 is 26.4. The first-order valence-electron chi connectivity index (χ1n) is 6.57. The molecule has 7 heteroatoms. The topological polar surface area (TPSA) is 58.2 Å². The molecule has 1 aliphatic carbocycles. The number of anilines is 1. The van der Waals surface area contributed by atoms with Gasteiger partial charge in [0.2, 0.25) is 10.0 Å². The highest BCUT2D eigenvalue weighted by atomic mass is 35.5. The molecule has 1 aromatic rings. The van der Waals surface area contributed by atoms with E-state index in [9.17, 15) is 8.42 Å². The van der Waals surface area contributed by atoms with Crippen molar-refractivity contribution in [1.29, 1.82) is 0 Å². The maximum atomic E-state index is 12.0. The van der Waals surface area contributed by atoms with Crippen molar-refractivity contribution in [1.82, 2.24) is 5.32 Å². The highest BCUT2D eigenvalue weighted by Gasteiger charge is 2.20. The number of halogens is 2. The van der Waals surface area contributed by atoms with Crippen LogP contribution in [-0.4, -0.2) is 26.8 Å². The molecular weight excluding hydrogens is 319 g/mol. The van der Waals surface area contributed by atoms with Gasteiger partial charge in [-0.2, -0.15) is 0 Å². The van der Waals surface area contributed by atoms with E-state index in [1.54, 1.807) is 12.1 Å². The molecular formula is C13H18Cl2N2O2S. The van der Waals surface area contributed by atoms with Gasteiger partial charge in [-0.25, -0.2) is 8.42 Å². The predicted molar refractivity (Wildman–Crippen MR) is 84.3 cm³/mol. The van der Waals surface area contributed by atoms with E-state index in [1.807, 2.05) is 6.92 Å². The Morgan fingerprint density at radius 2 is 1.95 bits per heavy atom. The van der Waals surface area contributed by atoms with Gasteiger partial charge in [0.1, 0.15) is 0 Å². The first kappa shape index (κ1) is 15.9. The van der Waals surface area contributed by atoms with Gasteiger partial charge in [0.15, 0.2) is 0 Å². The Morgan fingerprint density at radius 3 is 2.60 bits per heavy atom. The minimum atomic E-state index is -3.40. The molecule has 1 aromatic carbocycles. The maximum absolute atomic E-state index is 12.0. The standard InChI is InChI=1S/C13H18Cl2N2O2S/c1-9-7-12(15)13(8-11(9)14)17-20(18,19)6-2-5-16-10-3-4-10/h7-8,10,16-17H,2-6H2,1H3. The summed E-state index contributed by atoms with van der Waals surface area (Å²) in [5.74, 6) is 0.0640. The summed E-state index contributed by atoms with van der Waals surface area (Å²) in [6.45, 7) is 2.53. The first-order valence-corrected chi connectivity index (χ1v) is 8.98. The molecule has 0 heterocycles. The van der Waals surface area contributed by atoms with Crippen LogP contribution in [0.25, 0.3) is 0 Å². The number of aryl methyl sites for hydroxylation is 1. The van der Waals surface area contributed by atoms with E-state index in [-0.39, 0.29) is 5.75 Å². The smallest absolute Gasteiger partial charge is 0.232 e. The van der Waals surface area contributed by atoms with Gasteiger partial charge in [0, 0.05) is 11.1 Å². The zero-order valence-corrected chi connectivity index (χ0v) is 13.6. The fraction of sp³-hybridized carbons (Fsp3) is 0.538. The number of rotatable bonds is 7. The Morgan fingerprint density at radius 1 is 1.25 bits per heavy atom. The molecule has 0 unspecified atom stereocenters. The molecule has 1 fully saturated rings. The Labute approximate surface area is 129 Å². The third-order valence-corrected chi connectivity index (χ3v) is 5.19. The summed E-state index contributed by atoms with van der Waals surface area (Å²) in [6.07, 6.45) is 2.97. The molecule has 0 aromatic heterocycles. The molecule has 1 saturated carbocycles. The summed E-state index contributed by atoms with van der Waals surface area (Å²) in [4.78, 5) is 0. The van der Waals surface area contributed by atoms with Gasteiger partial charge in [0.25, 0.3) is 0 Å². The van der Waals surface area contributed by atoms with Crippen LogP contribution in [0.15, 0.2) is 12.1 Å². The van der Waals surface area contributed by atoms with Crippen molar-refractivity contribution in [2.24, 2.45) is 0 Å². The molecule has 0 amide bonds. The molecule has 4 nitrogen and oxygen atoms in total. The lowest BCUT2D eigenvalue weighted by atomic mass is 10.2. The number of hydrogen-bond acceptors (Lipinski definition) is 3. The highest BCUT2D eigenvalue weighted by Crippen LogP contribution is 2.29. The summed E-state index contributed by atoms with van der Waals surface area (Å²) in [5, 5.41) is 4.12. The van der Waals surface area contributed by atoms with E-state index in [1.165, 1.54) is 12.8 Å². The van der Waals surface area contributed by atoms with Crippen LogP contribution in [0.3, 0.4) is 0 Å². The lowest BCUT2D eigenvalue weighted by molar-refractivity contribution is 0.593. The van der Waals surface area contributed by atoms with Crippen LogP contribution in [0.5, 0.6) is 0 Å². The summed E-state index contributed by atoms with van der Waals surface area (Å²) in [7, 11) is -3.40. The van der Waals surface area contributed by atoms with E-state index in [4.69, 9.17) is 23.2 Å². The Kier molecular flexibility index (Phi) is 5.18. The average molecular weight is 337 g/mol. The third-order valence-electron chi connectivity index (χ3n) is 3.11. The number of benzene rings is 1. The lowest BCUT2D eigenvalue weighted by Gasteiger charge is -2.11. The molecule has 0 spiro atoms. The second kappa shape index (κ2) is 6.52. The number of hydrogen-bond donors (Lipinski definition) is 2. The number of nitrogens with one attached hydrogen (secondary N) is 2. The zero-order chi connectivity index (χ0) is 14.8. The van der Waals surface area contributed by atoms with Gasteiger partial charge in [-0.05, 0) is 50.4 Å². The summed E-state index contributed by atoms with van der Waals surface area (Å²) in [5.41, 5.74) is 1.14. The Bertz CT molecular complexity index is 586. The van der Waals surface area contributed by atoms with Gasteiger partial charge >= 0.3 is 0 Å². The Balaban J connectivity index is 1.91. The van der Waals surface area contributed by atoms with Gasteiger partial charge in [-0.15, -0.1) is 0 Å². The van der Waals surface area contributed by atoms with Crippen molar-refractivity contribution < 1.29 is 8.42 Å². The van der Waals surface area contributed by atoms with Crippen molar-refractivity contribution in [2.75, 3.05) is 17.0 Å². The third kappa shape index (κ3) is 4.81. The van der Waals surface area contributed by atoms with Crippen LogP contribution >= 0.6 is 23.2 Å². The quantitative estimate of drug-likeness (QED) is 0.752. The van der Waals surface area contributed by atoms with Crippen molar-refractivity contribution in [3.63, 3.8) is 0 Å². The fourth-order valence-corrected chi connectivity index (χ4v) is 3.41. The monoisotopic (exact) mass is 336 g/mol. The molecule has 0 bridgehead atoms. The van der Waals surface area contributed by atoms with Crippen LogP contribution in [0.2, 0.25) is 10.0 Å². The molecule has 0 radical (unpaired) electrons.